The van der Waals surface area contributed by atoms with Gasteiger partial charge in [0, 0.05) is 42.0 Å². The van der Waals surface area contributed by atoms with Gasteiger partial charge in [-0.25, -0.2) is 4.79 Å². The number of carboxylic acids is 1. The van der Waals surface area contributed by atoms with Crippen LogP contribution in [0, 0.1) is 19.8 Å². The van der Waals surface area contributed by atoms with Crippen molar-refractivity contribution in [3.8, 4) is 0 Å². The second kappa shape index (κ2) is 13.0. The quantitative estimate of drug-likeness (QED) is 0.383. The molecule has 0 atom stereocenters. The highest BCUT2D eigenvalue weighted by Crippen LogP contribution is 2.34. The molecule has 4 N–H and O–H groups in total. The maximum absolute atomic E-state index is 13.6. The Bertz CT molecular complexity index is 1420. The van der Waals surface area contributed by atoms with Crippen LogP contribution < -0.4 is 5.73 Å². The number of hydrogen-bond acceptors (Lipinski definition) is 4. The number of H-pyrrole nitrogens is 1. The van der Waals surface area contributed by atoms with Crippen molar-refractivity contribution in [1.82, 2.24) is 14.8 Å². The number of alkyl halides is 3. The molecule has 2 aromatic carbocycles. The molecule has 0 saturated carbocycles. The normalized spacial score (nSPS) is 17.1. The number of nitrogens with two attached hydrogens (primary N) is 1. The van der Waals surface area contributed by atoms with Crippen LogP contribution in [0.25, 0.3) is 10.9 Å². The van der Waals surface area contributed by atoms with E-state index >= 15 is 0 Å². The number of carbonyl (C=O) groups excluding carboxylic acids is 2. The van der Waals surface area contributed by atoms with Crippen molar-refractivity contribution in [1.29, 1.82) is 0 Å². The molecule has 1 aromatic heterocycles. The highest BCUT2D eigenvalue weighted by Gasteiger charge is 2.38. The molecule has 3 heterocycles. The Hall–Kier alpha value is -3.86. The molecule has 8 nitrogen and oxygen atoms in total. The molecule has 3 aromatic rings. The van der Waals surface area contributed by atoms with Crippen molar-refractivity contribution in [3.05, 3.63) is 70.4 Å². The van der Waals surface area contributed by atoms with Crippen LogP contribution in [0.1, 0.15) is 64.3 Å². The summed E-state index contributed by atoms with van der Waals surface area (Å²) >= 11 is 0. The van der Waals surface area contributed by atoms with Crippen LogP contribution in [0.3, 0.4) is 0 Å². The molecule has 0 spiro atoms. The van der Waals surface area contributed by atoms with Crippen LogP contribution in [0.5, 0.6) is 0 Å². The van der Waals surface area contributed by atoms with E-state index in [2.05, 4.69) is 48.0 Å². The van der Waals surface area contributed by atoms with Gasteiger partial charge in [-0.1, -0.05) is 36.4 Å². The Kier molecular flexibility index (Phi) is 9.60. The molecule has 0 bridgehead atoms. The van der Waals surface area contributed by atoms with Gasteiger partial charge in [0.15, 0.2) is 0 Å². The van der Waals surface area contributed by atoms with E-state index in [4.69, 9.17) is 15.6 Å². The number of aliphatic carboxylic acids is 1. The monoisotopic (exact) mass is 586 g/mol. The predicted molar refractivity (Wildman–Crippen MR) is 153 cm³/mol. The van der Waals surface area contributed by atoms with E-state index in [0.29, 0.717) is 37.5 Å². The molecule has 2 amide bonds. The van der Waals surface area contributed by atoms with Gasteiger partial charge in [0.1, 0.15) is 5.69 Å². The van der Waals surface area contributed by atoms with Crippen LogP contribution in [-0.2, 0) is 16.1 Å². The molecule has 42 heavy (non-hydrogen) atoms. The number of aryl methyl sites for hydroxylation is 2. The topological polar surface area (TPSA) is 120 Å². The van der Waals surface area contributed by atoms with Crippen molar-refractivity contribution in [2.24, 2.45) is 11.7 Å². The Morgan fingerprint density at radius 1 is 0.929 bits per heavy atom. The van der Waals surface area contributed by atoms with Gasteiger partial charge in [-0.2, -0.15) is 13.2 Å². The van der Waals surface area contributed by atoms with E-state index in [-0.39, 0.29) is 17.7 Å². The lowest BCUT2D eigenvalue weighted by Gasteiger charge is -2.34. The molecule has 2 saturated heterocycles. The molecule has 0 radical (unpaired) electrons. The van der Waals surface area contributed by atoms with Crippen LogP contribution in [0.2, 0.25) is 0 Å². The lowest BCUT2D eigenvalue weighted by atomic mass is 9.84. The number of halogens is 3. The SMILES string of the molecule is Cc1cccc(C)c1C1CCN(Cc2c(C(=O)N3CCC(C(N)=O)CC3)[nH]c3ccccc23)CC1.O=C(O)C(F)(F)F. The third kappa shape index (κ3) is 7.13. The largest absolute Gasteiger partial charge is 0.490 e. The van der Waals surface area contributed by atoms with Crippen molar-refractivity contribution in [3.63, 3.8) is 0 Å². The first-order chi connectivity index (χ1) is 19.9. The number of carboxylic acid groups (broad SMARTS) is 1. The fourth-order valence-electron chi connectivity index (χ4n) is 6.15. The van der Waals surface area contributed by atoms with E-state index in [1.807, 2.05) is 23.1 Å². The number of aromatic amines is 1. The van der Waals surface area contributed by atoms with Gasteiger partial charge >= 0.3 is 12.1 Å². The van der Waals surface area contributed by atoms with Crippen molar-refractivity contribution in [2.75, 3.05) is 26.2 Å². The number of nitrogens with zero attached hydrogens (tertiary/aromatic N) is 2. The summed E-state index contributed by atoms with van der Waals surface area (Å²) in [6.07, 6.45) is -1.53. The standard InChI is InChI=1S/C29H36N4O2.C2HF3O2/c1-19-6-5-7-20(2)26(19)21-10-14-32(15-11-21)18-24-23-8-3-4-9-25(23)31-27(24)29(35)33-16-12-22(13-17-33)28(30)34;3-2(4,5)1(6)7/h3-9,21-22,31H,10-18H2,1-2H3,(H2,30,34);(H,6,7). The average Bonchev–Trinajstić information content (AvgIpc) is 3.31. The number of para-hydroxylation sites is 1. The molecule has 226 valence electrons. The summed E-state index contributed by atoms with van der Waals surface area (Å²) in [6.45, 7) is 8.41. The Labute approximate surface area is 242 Å². The first-order valence-electron chi connectivity index (χ1n) is 14.1. The second-order valence-corrected chi connectivity index (χ2v) is 11.2. The number of fused-ring (bicyclic) bond motifs is 1. The van der Waals surface area contributed by atoms with Gasteiger partial charge < -0.3 is 20.7 Å². The van der Waals surface area contributed by atoms with Gasteiger partial charge in [-0.15, -0.1) is 0 Å². The zero-order valence-corrected chi connectivity index (χ0v) is 23.8. The number of nitrogens with one attached hydrogen (secondary N) is 1. The number of piperidine rings is 2. The van der Waals surface area contributed by atoms with Gasteiger partial charge in [-0.05, 0) is 81.3 Å². The molecular weight excluding hydrogens is 549 g/mol. The number of likely N-dealkylation sites (tertiary alicyclic amines) is 2. The Balaban J connectivity index is 0.000000517. The van der Waals surface area contributed by atoms with E-state index in [0.717, 1.165) is 48.9 Å². The number of carbonyl (C=O) groups is 3. The summed E-state index contributed by atoms with van der Waals surface area (Å²) in [6, 6.07) is 14.8. The maximum atomic E-state index is 13.6. The predicted octanol–water partition coefficient (Wildman–Crippen LogP) is 5.14. The van der Waals surface area contributed by atoms with Crippen LogP contribution in [0.4, 0.5) is 13.2 Å². The minimum absolute atomic E-state index is 0.0320. The molecule has 2 aliphatic heterocycles. The molecule has 0 aliphatic carbocycles. The number of primary amides is 1. The third-order valence-electron chi connectivity index (χ3n) is 8.37. The highest BCUT2D eigenvalue weighted by molar-refractivity contribution is 6.01. The number of aromatic nitrogens is 1. The Morgan fingerprint density at radius 2 is 1.50 bits per heavy atom. The van der Waals surface area contributed by atoms with Gasteiger partial charge in [0.05, 0.1) is 0 Å². The van der Waals surface area contributed by atoms with E-state index < -0.39 is 12.1 Å². The van der Waals surface area contributed by atoms with Crippen LogP contribution in [-0.4, -0.2) is 70.0 Å². The summed E-state index contributed by atoms with van der Waals surface area (Å²) in [5.41, 5.74) is 12.6. The zero-order chi connectivity index (χ0) is 30.6. The number of hydrogen-bond donors (Lipinski definition) is 3. The summed E-state index contributed by atoms with van der Waals surface area (Å²) in [5, 5.41) is 8.25. The molecule has 11 heteroatoms. The Morgan fingerprint density at radius 3 is 2.05 bits per heavy atom. The lowest BCUT2D eigenvalue weighted by Crippen LogP contribution is -2.42. The van der Waals surface area contributed by atoms with Crippen LogP contribution >= 0.6 is 0 Å². The third-order valence-corrected chi connectivity index (χ3v) is 8.37. The van der Waals surface area contributed by atoms with Crippen LogP contribution in [0.15, 0.2) is 42.5 Å². The molecule has 2 aliphatic rings. The van der Waals surface area contributed by atoms with Gasteiger partial charge in [0.2, 0.25) is 5.91 Å². The summed E-state index contributed by atoms with van der Waals surface area (Å²) in [5.74, 6) is -2.51. The number of benzene rings is 2. The fraction of sp³-hybridized carbons (Fsp3) is 0.452. The zero-order valence-electron chi connectivity index (χ0n) is 23.8. The van der Waals surface area contributed by atoms with Gasteiger partial charge in [0.25, 0.3) is 5.91 Å². The number of rotatable bonds is 5. The average molecular weight is 587 g/mol. The fourth-order valence-corrected chi connectivity index (χ4v) is 6.15. The van der Waals surface area contributed by atoms with Gasteiger partial charge in [-0.3, -0.25) is 14.5 Å². The van der Waals surface area contributed by atoms with E-state index in [1.165, 1.54) is 16.7 Å². The molecule has 2 fully saturated rings. The second-order valence-electron chi connectivity index (χ2n) is 11.2. The summed E-state index contributed by atoms with van der Waals surface area (Å²) < 4.78 is 31.7. The van der Waals surface area contributed by atoms with Crippen molar-refractivity contribution < 1.29 is 32.7 Å². The maximum Gasteiger partial charge on any atom is 0.490 e. The first-order valence-corrected chi connectivity index (χ1v) is 14.1. The lowest BCUT2D eigenvalue weighted by molar-refractivity contribution is -0.192. The minimum atomic E-state index is -5.08. The smallest absolute Gasteiger partial charge is 0.475 e. The number of amides is 2. The summed E-state index contributed by atoms with van der Waals surface area (Å²) in [4.78, 5) is 41.8. The first kappa shape index (κ1) is 31.1. The molecule has 5 rings (SSSR count). The van der Waals surface area contributed by atoms with E-state index in [9.17, 15) is 22.8 Å². The molecule has 0 unspecified atom stereocenters. The van der Waals surface area contributed by atoms with Crippen molar-refractivity contribution >= 4 is 28.7 Å². The van der Waals surface area contributed by atoms with Crippen molar-refractivity contribution in [2.45, 2.75) is 58.2 Å². The summed E-state index contributed by atoms with van der Waals surface area (Å²) in [7, 11) is 0. The molecular formula is C31H37F3N4O4. The highest BCUT2D eigenvalue weighted by atomic mass is 19.4. The van der Waals surface area contributed by atoms with E-state index in [1.54, 1.807) is 0 Å². The minimum Gasteiger partial charge on any atom is -0.475 e.